The largest absolute Gasteiger partial charge is 0.464 e. The summed E-state index contributed by atoms with van der Waals surface area (Å²) < 4.78 is 18.2. The Balaban J connectivity index is 2.27. The van der Waals surface area contributed by atoms with Crippen LogP contribution in [0.2, 0.25) is 0 Å². The van der Waals surface area contributed by atoms with Crippen molar-refractivity contribution in [1.29, 1.82) is 0 Å². The molecule has 3 N–H and O–H groups in total. The first-order valence-corrected chi connectivity index (χ1v) is 5.76. The van der Waals surface area contributed by atoms with E-state index < -0.39 is 0 Å². The highest BCUT2D eigenvalue weighted by Gasteiger charge is 2.07. The molecule has 0 radical (unpaired) electrons. The Bertz CT molecular complexity index is 590. The van der Waals surface area contributed by atoms with E-state index >= 15 is 0 Å². The lowest BCUT2D eigenvalue weighted by Crippen LogP contribution is -2.07. The second-order valence-corrected chi connectivity index (χ2v) is 3.82. The number of nitrogens with two attached hydrogens (primary N) is 1. The molecule has 1 aromatic heterocycles. The van der Waals surface area contributed by atoms with E-state index in [1.165, 1.54) is 12.1 Å². The van der Waals surface area contributed by atoms with Crippen LogP contribution in [0.25, 0.3) is 0 Å². The van der Waals surface area contributed by atoms with Crippen LogP contribution in [-0.2, 0) is 0 Å². The second kappa shape index (κ2) is 5.47. The van der Waals surface area contributed by atoms with Gasteiger partial charge in [0, 0.05) is 5.69 Å². The summed E-state index contributed by atoms with van der Waals surface area (Å²) in [5, 5.41) is 2.95. The number of nitrogens with zero attached hydrogens (tertiary/aromatic N) is 3. The molecule has 0 bridgehead atoms. The molecule has 0 fully saturated rings. The van der Waals surface area contributed by atoms with Gasteiger partial charge in [-0.05, 0) is 37.6 Å². The van der Waals surface area contributed by atoms with Crippen LogP contribution in [-0.4, -0.2) is 21.6 Å². The van der Waals surface area contributed by atoms with Crippen LogP contribution in [0.5, 0.6) is 6.01 Å². The van der Waals surface area contributed by atoms with Gasteiger partial charge < -0.3 is 15.8 Å². The van der Waals surface area contributed by atoms with Crippen molar-refractivity contribution < 1.29 is 9.13 Å². The summed E-state index contributed by atoms with van der Waals surface area (Å²) in [6.07, 6.45) is 0. The molecule has 1 heterocycles. The van der Waals surface area contributed by atoms with Crippen molar-refractivity contribution in [2.75, 3.05) is 17.7 Å². The molecule has 2 aromatic rings. The van der Waals surface area contributed by atoms with Crippen LogP contribution >= 0.6 is 0 Å². The van der Waals surface area contributed by atoms with Crippen molar-refractivity contribution in [3.05, 3.63) is 29.6 Å². The first kappa shape index (κ1) is 13.0. The normalized spacial score (nSPS) is 10.3. The molecule has 0 aliphatic heterocycles. The van der Waals surface area contributed by atoms with Gasteiger partial charge in [0.2, 0.25) is 11.9 Å². The van der Waals surface area contributed by atoms with Crippen LogP contribution in [0.1, 0.15) is 12.5 Å². The zero-order valence-electron chi connectivity index (χ0n) is 10.6. The highest BCUT2D eigenvalue weighted by molar-refractivity contribution is 5.58. The number of rotatable bonds is 4. The van der Waals surface area contributed by atoms with Gasteiger partial charge in [-0.15, -0.1) is 0 Å². The second-order valence-electron chi connectivity index (χ2n) is 3.82. The average Bonchev–Trinajstić information content (AvgIpc) is 2.32. The summed E-state index contributed by atoms with van der Waals surface area (Å²) in [6, 6.07) is 4.52. The number of halogens is 1. The average molecular weight is 263 g/mol. The van der Waals surface area contributed by atoms with Gasteiger partial charge in [0.05, 0.1) is 6.61 Å². The molecular weight excluding hydrogens is 249 g/mol. The first-order valence-electron chi connectivity index (χ1n) is 5.76. The number of hydrogen-bond acceptors (Lipinski definition) is 6. The number of hydrogen-bond donors (Lipinski definition) is 2. The third kappa shape index (κ3) is 3.27. The van der Waals surface area contributed by atoms with Crippen LogP contribution in [0.4, 0.5) is 22.0 Å². The molecule has 0 atom stereocenters. The Kier molecular flexibility index (Phi) is 3.74. The fourth-order valence-corrected chi connectivity index (χ4v) is 1.51. The Hall–Kier alpha value is -2.44. The van der Waals surface area contributed by atoms with Gasteiger partial charge in [-0.1, -0.05) is 0 Å². The third-order valence-electron chi connectivity index (χ3n) is 2.34. The van der Waals surface area contributed by atoms with E-state index in [2.05, 4.69) is 20.3 Å². The predicted molar refractivity (Wildman–Crippen MR) is 69.8 cm³/mol. The highest BCUT2D eigenvalue weighted by atomic mass is 19.1. The lowest BCUT2D eigenvalue weighted by Gasteiger charge is -2.09. The summed E-state index contributed by atoms with van der Waals surface area (Å²) in [5.41, 5.74) is 6.99. The van der Waals surface area contributed by atoms with Gasteiger partial charge in [0.25, 0.3) is 0 Å². The summed E-state index contributed by atoms with van der Waals surface area (Å²) in [7, 11) is 0. The number of aryl methyl sites for hydroxylation is 1. The smallest absolute Gasteiger partial charge is 0.323 e. The zero-order valence-corrected chi connectivity index (χ0v) is 10.6. The van der Waals surface area contributed by atoms with E-state index in [-0.39, 0.29) is 23.7 Å². The number of aromatic nitrogens is 3. The highest BCUT2D eigenvalue weighted by Crippen LogP contribution is 2.20. The van der Waals surface area contributed by atoms with Crippen LogP contribution < -0.4 is 15.8 Å². The van der Waals surface area contributed by atoms with Crippen LogP contribution in [0.3, 0.4) is 0 Å². The van der Waals surface area contributed by atoms with Crippen molar-refractivity contribution >= 4 is 17.6 Å². The Labute approximate surface area is 109 Å². The maximum atomic E-state index is 13.0. The summed E-state index contributed by atoms with van der Waals surface area (Å²) in [4.78, 5) is 11.8. The van der Waals surface area contributed by atoms with Crippen molar-refractivity contribution in [2.24, 2.45) is 0 Å². The molecule has 7 heteroatoms. The fraction of sp³-hybridized carbons (Fsp3) is 0.250. The molecule has 0 saturated carbocycles. The molecule has 6 nitrogen and oxygen atoms in total. The van der Waals surface area contributed by atoms with Crippen molar-refractivity contribution in [1.82, 2.24) is 15.0 Å². The monoisotopic (exact) mass is 263 g/mol. The van der Waals surface area contributed by atoms with Crippen molar-refractivity contribution in [3.63, 3.8) is 0 Å². The lowest BCUT2D eigenvalue weighted by atomic mass is 10.2. The topological polar surface area (TPSA) is 86.0 Å². The van der Waals surface area contributed by atoms with Crippen LogP contribution in [0, 0.1) is 12.7 Å². The van der Waals surface area contributed by atoms with E-state index in [1.54, 1.807) is 13.0 Å². The number of anilines is 3. The van der Waals surface area contributed by atoms with Crippen LogP contribution in [0.15, 0.2) is 18.2 Å². The Morgan fingerprint density at radius 1 is 1.32 bits per heavy atom. The molecular formula is C12H14FN5O. The standard InChI is InChI=1S/C12H14FN5O/c1-3-19-12-17-10(14)16-11(18-12)15-9-5-4-8(13)6-7(9)2/h4-6H,3H2,1-2H3,(H3,14,15,16,17,18). The SMILES string of the molecule is CCOc1nc(N)nc(Nc2ccc(F)cc2C)n1. The lowest BCUT2D eigenvalue weighted by molar-refractivity contribution is 0.312. The Morgan fingerprint density at radius 3 is 2.79 bits per heavy atom. The summed E-state index contributed by atoms with van der Waals surface area (Å²) in [6.45, 7) is 4.02. The summed E-state index contributed by atoms with van der Waals surface area (Å²) in [5.74, 6) is 0.0135. The van der Waals surface area contributed by atoms with Crippen molar-refractivity contribution in [3.8, 4) is 6.01 Å². The van der Waals surface area contributed by atoms with Gasteiger partial charge >= 0.3 is 6.01 Å². The number of nitrogens with one attached hydrogen (secondary N) is 1. The molecule has 0 aliphatic rings. The molecule has 0 spiro atoms. The minimum atomic E-state index is -0.298. The van der Waals surface area contributed by atoms with Gasteiger partial charge in [-0.2, -0.15) is 15.0 Å². The number of nitrogen functional groups attached to an aromatic ring is 1. The number of ether oxygens (including phenoxy) is 1. The predicted octanol–water partition coefficient (Wildman–Crippen LogP) is 2.04. The maximum Gasteiger partial charge on any atom is 0.323 e. The molecule has 19 heavy (non-hydrogen) atoms. The molecule has 0 unspecified atom stereocenters. The molecule has 0 aliphatic carbocycles. The van der Waals surface area contributed by atoms with E-state index in [9.17, 15) is 4.39 Å². The molecule has 0 saturated heterocycles. The van der Waals surface area contributed by atoms with E-state index in [0.717, 1.165) is 5.56 Å². The molecule has 2 rings (SSSR count). The fourth-order valence-electron chi connectivity index (χ4n) is 1.51. The van der Waals surface area contributed by atoms with E-state index in [4.69, 9.17) is 10.5 Å². The quantitative estimate of drug-likeness (QED) is 0.878. The maximum absolute atomic E-state index is 13.0. The first-order chi connectivity index (χ1) is 9.08. The van der Waals surface area contributed by atoms with Gasteiger partial charge in [-0.3, -0.25) is 0 Å². The molecule has 1 aromatic carbocycles. The van der Waals surface area contributed by atoms with E-state index in [1.807, 2.05) is 6.92 Å². The van der Waals surface area contributed by atoms with Crippen molar-refractivity contribution in [2.45, 2.75) is 13.8 Å². The van der Waals surface area contributed by atoms with Gasteiger partial charge in [0.1, 0.15) is 5.82 Å². The summed E-state index contributed by atoms with van der Waals surface area (Å²) >= 11 is 0. The molecule has 0 amide bonds. The van der Waals surface area contributed by atoms with E-state index in [0.29, 0.717) is 12.3 Å². The van der Waals surface area contributed by atoms with Gasteiger partial charge in [0.15, 0.2) is 0 Å². The number of benzene rings is 1. The molecule has 100 valence electrons. The zero-order chi connectivity index (χ0) is 13.8. The Morgan fingerprint density at radius 2 is 2.11 bits per heavy atom. The third-order valence-corrected chi connectivity index (χ3v) is 2.34. The van der Waals surface area contributed by atoms with Gasteiger partial charge in [-0.25, -0.2) is 4.39 Å². The minimum Gasteiger partial charge on any atom is -0.464 e. The minimum absolute atomic E-state index is 0.0562.